The Hall–Kier alpha value is -0.670. The van der Waals surface area contributed by atoms with Gasteiger partial charge < -0.3 is 10.0 Å². The lowest BCUT2D eigenvalue weighted by Gasteiger charge is -2.29. The highest BCUT2D eigenvalue weighted by Gasteiger charge is 2.12. The average molecular weight is 253 g/mol. The molecule has 2 atom stereocenters. The number of hydrogen-bond acceptors (Lipinski definition) is 3. The van der Waals surface area contributed by atoms with Gasteiger partial charge in [0.05, 0.1) is 6.10 Å². The van der Waals surface area contributed by atoms with Crippen LogP contribution in [0, 0.1) is 0 Å². The van der Waals surface area contributed by atoms with Gasteiger partial charge in [-0.05, 0) is 37.3 Å². The Balaban J connectivity index is 2.77. The van der Waals surface area contributed by atoms with Crippen molar-refractivity contribution >= 4 is 17.4 Å². The monoisotopic (exact) mass is 253 g/mol. The number of hydrogen-bond donors (Lipinski definition) is 1. The van der Waals surface area contributed by atoms with E-state index >= 15 is 0 Å². The number of rotatable bonds is 6. The van der Waals surface area contributed by atoms with E-state index in [1.807, 2.05) is 23.9 Å². The van der Waals surface area contributed by atoms with Crippen LogP contribution in [0.2, 0.25) is 0 Å². The first-order valence-electron chi connectivity index (χ1n) is 6.10. The third-order valence-corrected chi connectivity index (χ3v) is 3.88. The molecule has 0 aliphatic rings. The van der Waals surface area contributed by atoms with Gasteiger partial charge in [0.2, 0.25) is 0 Å². The molecule has 0 amide bonds. The molecule has 0 saturated carbocycles. The van der Waals surface area contributed by atoms with Crippen LogP contribution in [0.3, 0.4) is 0 Å². The second-order valence-corrected chi connectivity index (χ2v) is 5.31. The standard InChI is InChI=1S/C14H23NOS/c1-5-13(10-17-4)15(3)14-8-6-12(7-9-14)11(2)16/h6-9,11,13,16H,5,10H2,1-4H3/t11-,13?/m0/s1. The van der Waals surface area contributed by atoms with E-state index in [0.717, 1.165) is 17.7 Å². The summed E-state index contributed by atoms with van der Waals surface area (Å²) in [5, 5.41) is 9.48. The summed E-state index contributed by atoms with van der Waals surface area (Å²) < 4.78 is 0. The van der Waals surface area contributed by atoms with Crippen molar-refractivity contribution in [1.82, 2.24) is 0 Å². The van der Waals surface area contributed by atoms with E-state index in [0.29, 0.717) is 6.04 Å². The van der Waals surface area contributed by atoms with E-state index in [1.165, 1.54) is 5.69 Å². The number of nitrogens with zero attached hydrogens (tertiary/aromatic N) is 1. The van der Waals surface area contributed by atoms with Crippen LogP contribution < -0.4 is 4.90 Å². The van der Waals surface area contributed by atoms with Crippen molar-refractivity contribution in [3.8, 4) is 0 Å². The Morgan fingerprint density at radius 3 is 2.29 bits per heavy atom. The highest BCUT2D eigenvalue weighted by molar-refractivity contribution is 7.98. The second-order valence-electron chi connectivity index (χ2n) is 4.40. The van der Waals surface area contributed by atoms with Crippen LogP contribution in [-0.2, 0) is 0 Å². The Morgan fingerprint density at radius 1 is 1.29 bits per heavy atom. The largest absolute Gasteiger partial charge is 0.389 e. The number of thioether (sulfide) groups is 1. The molecule has 3 heteroatoms. The molecular formula is C14H23NOS. The molecule has 1 aromatic rings. The van der Waals surface area contributed by atoms with Gasteiger partial charge in [-0.1, -0.05) is 19.1 Å². The maximum absolute atomic E-state index is 9.48. The zero-order chi connectivity index (χ0) is 12.8. The summed E-state index contributed by atoms with van der Waals surface area (Å²) >= 11 is 1.88. The average Bonchev–Trinajstić information content (AvgIpc) is 2.35. The molecule has 1 N–H and O–H groups in total. The maximum atomic E-state index is 9.48. The summed E-state index contributed by atoms with van der Waals surface area (Å²) in [7, 11) is 2.14. The number of aliphatic hydroxyl groups is 1. The topological polar surface area (TPSA) is 23.5 Å². The fraction of sp³-hybridized carbons (Fsp3) is 0.571. The van der Waals surface area contributed by atoms with Crippen molar-refractivity contribution in [3.63, 3.8) is 0 Å². The van der Waals surface area contributed by atoms with Crippen molar-refractivity contribution in [3.05, 3.63) is 29.8 Å². The van der Waals surface area contributed by atoms with Gasteiger partial charge in [0.25, 0.3) is 0 Å². The normalized spacial score (nSPS) is 14.4. The Bertz CT molecular complexity index is 323. The lowest BCUT2D eigenvalue weighted by atomic mass is 10.1. The van der Waals surface area contributed by atoms with E-state index in [1.54, 1.807) is 6.92 Å². The molecule has 0 aliphatic heterocycles. The fourth-order valence-electron chi connectivity index (χ4n) is 1.89. The van der Waals surface area contributed by atoms with Crippen LogP contribution in [-0.4, -0.2) is 30.2 Å². The van der Waals surface area contributed by atoms with Crippen LogP contribution in [0.15, 0.2) is 24.3 Å². The van der Waals surface area contributed by atoms with E-state index in [4.69, 9.17) is 0 Å². The minimum Gasteiger partial charge on any atom is -0.389 e. The zero-order valence-corrected chi connectivity index (χ0v) is 12.0. The Kier molecular flexibility index (Phi) is 5.86. The summed E-state index contributed by atoms with van der Waals surface area (Å²) in [5.41, 5.74) is 2.19. The highest BCUT2D eigenvalue weighted by Crippen LogP contribution is 2.21. The predicted octanol–water partition coefficient (Wildman–Crippen LogP) is 3.32. The van der Waals surface area contributed by atoms with E-state index in [-0.39, 0.29) is 6.10 Å². The molecule has 1 aromatic carbocycles. The van der Waals surface area contributed by atoms with Crippen molar-refractivity contribution in [2.75, 3.05) is 24.0 Å². The first kappa shape index (κ1) is 14.4. The molecule has 1 unspecified atom stereocenters. The second kappa shape index (κ2) is 6.92. The zero-order valence-electron chi connectivity index (χ0n) is 11.2. The first-order valence-corrected chi connectivity index (χ1v) is 7.49. The molecule has 0 fully saturated rings. The van der Waals surface area contributed by atoms with Gasteiger partial charge in [-0.15, -0.1) is 0 Å². The summed E-state index contributed by atoms with van der Waals surface area (Å²) in [4.78, 5) is 2.32. The SMILES string of the molecule is CCC(CSC)N(C)c1ccc([C@H](C)O)cc1. The minimum absolute atomic E-state index is 0.387. The van der Waals surface area contributed by atoms with E-state index in [9.17, 15) is 5.11 Å². The molecule has 0 bridgehead atoms. The van der Waals surface area contributed by atoms with Crippen molar-refractivity contribution in [2.24, 2.45) is 0 Å². The molecule has 0 saturated heterocycles. The molecule has 0 heterocycles. The maximum Gasteiger partial charge on any atom is 0.0761 e. The predicted molar refractivity (Wildman–Crippen MR) is 77.9 cm³/mol. The van der Waals surface area contributed by atoms with E-state index in [2.05, 4.69) is 37.3 Å². The molecular weight excluding hydrogens is 230 g/mol. The summed E-state index contributed by atoms with van der Waals surface area (Å²) in [6.07, 6.45) is 2.91. The lowest BCUT2D eigenvalue weighted by molar-refractivity contribution is 0.199. The molecule has 96 valence electrons. The van der Waals surface area contributed by atoms with Crippen LogP contribution in [0.1, 0.15) is 31.9 Å². The van der Waals surface area contributed by atoms with Crippen molar-refractivity contribution in [1.29, 1.82) is 0 Å². The van der Waals surface area contributed by atoms with Gasteiger partial charge in [0, 0.05) is 24.5 Å². The fourth-order valence-corrected chi connectivity index (χ4v) is 2.74. The highest BCUT2D eigenvalue weighted by atomic mass is 32.2. The van der Waals surface area contributed by atoms with Gasteiger partial charge in [-0.2, -0.15) is 11.8 Å². The molecule has 0 radical (unpaired) electrons. The Labute approximate surface area is 109 Å². The van der Waals surface area contributed by atoms with Gasteiger partial charge in [0.1, 0.15) is 0 Å². The van der Waals surface area contributed by atoms with Crippen molar-refractivity contribution < 1.29 is 5.11 Å². The molecule has 0 spiro atoms. The summed E-state index contributed by atoms with van der Waals surface area (Å²) in [6, 6.07) is 8.75. The van der Waals surface area contributed by atoms with Gasteiger partial charge in [-0.3, -0.25) is 0 Å². The van der Waals surface area contributed by atoms with Crippen LogP contribution >= 0.6 is 11.8 Å². The van der Waals surface area contributed by atoms with Crippen LogP contribution in [0.5, 0.6) is 0 Å². The minimum atomic E-state index is -0.387. The molecule has 1 rings (SSSR count). The first-order chi connectivity index (χ1) is 8.10. The van der Waals surface area contributed by atoms with Gasteiger partial charge >= 0.3 is 0 Å². The van der Waals surface area contributed by atoms with Crippen LogP contribution in [0.4, 0.5) is 5.69 Å². The Morgan fingerprint density at radius 2 is 1.88 bits per heavy atom. The quantitative estimate of drug-likeness (QED) is 0.841. The number of anilines is 1. The molecule has 17 heavy (non-hydrogen) atoms. The molecule has 0 aromatic heterocycles. The number of benzene rings is 1. The molecule has 0 aliphatic carbocycles. The smallest absolute Gasteiger partial charge is 0.0761 e. The molecule has 2 nitrogen and oxygen atoms in total. The van der Waals surface area contributed by atoms with Gasteiger partial charge in [-0.25, -0.2) is 0 Å². The third-order valence-electron chi connectivity index (χ3n) is 3.16. The van der Waals surface area contributed by atoms with Crippen LogP contribution in [0.25, 0.3) is 0 Å². The summed E-state index contributed by atoms with van der Waals surface area (Å²) in [6.45, 7) is 4.02. The lowest BCUT2D eigenvalue weighted by Crippen LogP contribution is -2.33. The van der Waals surface area contributed by atoms with Crippen molar-refractivity contribution in [2.45, 2.75) is 32.4 Å². The van der Waals surface area contributed by atoms with E-state index < -0.39 is 0 Å². The third kappa shape index (κ3) is 3.93. The summed E-state index contributed by atoms with van der Waals surface area (Å²) in [5.74, 6) is 1.14. The number of aliphatic hydroxyl groups excluding tert-OH is 1. The van der Waals surface area contributed by atoms with Gasteiger partial charge in [0.15, 0.2) is 0 Å².